The molecule has 0 aliphatic carbocycles. The lowest BCUT2D eigenvalue weighted by molar-refractivity contribution is 0.1000. The van der Waals surface area contributed by atoms with Crippen LogP contribution in [0.25, 0.3) is 0 Å². The molecule has 0 amide bonds. The fraction of sp³-hybridized carbons (Fsp3) is 0.667. The van der Waals surface area contributed by atoms with Gasteiger partial charge in [-0.05, 0) is 24.5 Å². The van der Waals surface area contributed by atoms with Crippen molar-refractivity contribution in [3.8, 4) is 0 Å². The average Bonchev–Trinajstić information content (AvgIpc) is 2.80. The van der Waals surface area contributed by atoms with Crippen molar-refractivity contribution in [1.29, 1.82) is 0 Å². The fourth-order valence-corrected chi connectivity index (χ4v) is 5.07. The monoisotopic (exact) mass is 309 g/mol. The molecule has 0 unspecified atom stereocenters. The van der Waals surface area contributed by atoms with Crippen molar-refractivity contribution in [2.24, 2.45) is 0 Å². The molecular formula is C15H23N3O2S. The van der Waals surface area contributed by atoms with Crippen molar-refractivity contribution in [1.82, 2.24) is 14.8 Å². The lowest BCUT2D eigenvalue weighted by Gasteiger charge is -2.37. The summed E-state index contributed by atoms with van der Waals surface area (Å²) in [6.45, 7) is 6.95. The Morgan fingerprint density at radius 2 is 2.00 bits per heavy atom. The Bertz CT molecular complexity index is 595. The summed E-state index contributed by atoms with van der Waals surface area (Å²) >= 11 is 0. The third-order valence-corrected chi connectivity index (χ3v) is 6.22. The van der Waals surface area contributed by atoms with E-state index in [1.807, 2.05) is 12.4 Å². The van der Waals surface area contributed by atoms with Gasteiger partial charge in [0.05, 0.1) is 11.5 Å². The third kappa shape index (κ3) is 3.81. The van der Waals surface area contributed by atoms with Gasteiger partial charge >= 0.3 is 0 Å². The second kappa shape index (κ2) is 6.02. The molecular weight excluding hydrogens is 286 g/mol. The van der Waals surface area contributed by atoms with E-state index >= 15 is 0 Å². The summed E-state index contributed by atoms with van der Waals surface area (Å²) in [4.78, 5) is 9.02. The molecule has 6 heteroatoms. The van der Waals surface area contributed by atoms with Crippen LogP contribution in [-0.2, 0) is 16.4 Å². The van der Waals surface area contributed by atoms with Crippen LogP contribution in [0, 0.1) is 6.92 Å². The van der Waals surface area contributed by atoms with Gasteiger partial charge in [-0.3, -0.25) is 14.8 Å². The first-order valence-corrected chi connectivity index (χ1v) is 9.41. The molecule has 0 saturated carbocycles. The van der Waals surface area contributed by atoms with Crippen molar-refractivity contribution in [3.63, 3.8) is 0 Å². The van der Waals surface area contributed by atoms with E-state index in [-0.39, 0.29) is 6.04 Å². The summed E-state index contributed by atoms with van der Waals surface area (Å²) in [6, 6.07) is 2.43. The Balaban J connectivity index is 1.51. The fourth-order valence-electron chi connectivity index (χ4n) is 3.31. The summed E-state index contributed by atoms with van der Waals surface area (Å²) in [7, 11) is -2.78. The largest absolute Gasteiger partial charge is 0.297 e. The van der Waals surface area contributed by atoms with Crippen molar-refractivity contribution in [2.75, 3.05) is 37.7 Å². The zero-order chi connectivity index (χ0) is 14.9. The van der Waals surface area contributed by atoms with Gasteiger partial charge in [0.15, 0.2) is 9.84 Å². The van der Waals surface area contributed by atoms with Crippen LogP contribution < -0.4 is 0 Å². The highest BCUT2D eigenvalue weighted by atomic mass is 32.2. The predicted molar refractivity (Wildman–Crippen MR) is 82.9 cm³/mol. The number of nitrogens with zero attached hydrogens (tertiary/aromatic N) is 3. The highest BCUT2D eigenvalue weighted by Crippen LogP contribution is 2.19. The Kier molecular flexibility index (Phi) is 4.28. The molecule has 0 aromatic carbocycles. The van der Waals surface area contributed by atoms with Gasteiger partial charge < -0.3 is 0 Å². The number of aromatic nitrogens is 1. The first-order chi connectivity index (χ1) is 10.0. The van der Waals surface area contributed by atoms with Gasteiger partial charge in [0.25, 0.3) is 0 Å². The summed E-state index contributed by atoms with van der Waals surface area (Å²) in [5.41, 5.74) is 2.45. The zero-order valence-electron chi connectivity index (χ0n) is 12.5. The van der Waals surface area contributed by atoms with Gasteiger partial charge in [0.2, 0.25) is 0 Å². The van der Waals surface area contributed by atoms with Crippen LogP contribution in [-0.4, -0.2) is 66.9 Å². The molecule has 1 atom stereocenters. The molecule has 1 aromatic heterocycles. The van der Waals surface area contributed by atoms with E-state index in [1.54, 1.807) is 0 Å². The van der Waals surface area contributed by atoms with Crippen LogP contribution >= 0.6 is 0 Å². The number of piperazine rings is 1. The lowest BCUT2D eigenvalue weighted by Crippen LogP contribution is -2.50. The van der Waals surface area contributed by atoms with E-state index in [4.69, 9.17) is 0 Å². The normalized spacial score (nSPS) is 27.0. The van der Waals surface area contributed by atoms with E-state index in [0.717, 1.165) is 39.1 Å². The minimum atomic E-state index is -2.78. The molecule has 3 heterocycles. The topological polar surface area (TPSA) is 53.5 Å². The number of hydrogen-bond donors (Lipinski definition) is 0. The van der Waals surface area contributed by atoms with Crippen LogP contribution in [0.15, 0.2) is 18.5 Å². The summed E-state index contributed by atoms with van der Waals surface area (Å²) in [5, 5.41) is 0. The number of pyridine rings is 1. The Morgan fingerprint density at radius 1 is 1.24 bits per heavy atom. The van der Waals surface area contributed by atoms with Crippen LogP contribution in [0.4, 0.5) is 0 Å². The second-order valence-electron chi connectivity index (χ2n) is 6.24. The van der Waals surface area contributed by atoms with E-state index in [0.29, 0.717) is 11.5 Å². The van der Waals surface area contributed by atoms with Crippen LogP contribution in [0.5, 0.6) is 0 Å². The first-order valence-electron chi connectivity index (χ1n) is 7.59. The summed E-state index contributed by atoms with van der Waals surface area (Å²) in [6.07, 6.45) is 4.62. The number of sulfone groups is 1. The van der Waals surface area contributed by atoms with E-state index in [1.165, 1.54) is 11.1 Å². The standard InChI is InChI=1S/C15H23N3O2S/c1-13-8-14(10-16-9-13)11-17-3-5-18(6-4-17)15-2-7-21(19,20)12-15/h8-10,15H,2-7,11-12H2,1H3/t15-/m0/s1. The maximum atomic E-state index is 11.6. The van der Waals surface area contributed by atoms with Crippen LogP contribution in [0.1, 0.15) is 17.5 Å². The quantitative estimate of drug-likeness (QED) is 0.822. The minimum Gasteiger partial charge on any atom is -0.297 e. The highest BCUT2D eigenvalue weighted by molar-refractivity contribution is 7.91. The molecule has 5 nitrogen and oxygen atoms in total. The molecule has 116 valence electrons. The molecule has 2 fully saturated rings. The van der Waals surface area contributed by atoms with Crippen LogP contribution in [0.3, 0.4) is 0 Å². The van der Waals surface area contributed by atoms with Gasteiger partial charge in [-0.25, -0.2) is 8.42 Å². The average molecular weight is 309 g/mol. The summed E-state index contributed by atoms with van der Waals surface area (Å²) < 4.78 is 23.2. The minimum absolute atomic E-state index is 0.248. The van der Waals surface area contributed by atoms with Gasteiger partial charge in [-0.2, -0.15) is 0 Å². The molecule has 2 saturated heterocycles. The van der Waals surface area contributed by atoms with Gasteiger partial charge in [-0.1, -0.05) is 6.07 Å². The maximum absolute atomic E-state index is 11.6. The van der Waals surface area contributed by atoms with Crippen molar-refractivity contribution in [3.05, 3.63) is 29.6 Å². The van der Waals surface area contributed by atoms with Crippen molar-refractivity contribution >= 4 is 9.84 Å². The highest BCUT2D eigenvalue weighted by Gasteiger charge is 2.33. The van der Waals surface area contributed by atoms with Gasteiger partial charge in [0.1, 0.15) is 0 Å². The number of aryl methyl sites for hydroxylation is 1. The Labute approximate surface area is 126 Å². The molecule has 0 bridgehead atoms. The smallest absolute Gasteiger partial charge is 0.151 e. The number of hydrogen-bond acceptors (Lipinski definition) is 5. The van der Waals surface area contributed by atoms with Crippen LogP contribution in [0.2, 0.25) is 0 Å². The molecule has 0 N–H and O–H groups in total. The maximum Gasteiger partial charge on any atom is 0.151 e. The van der Waals surface area contributed by atoms with E-state index in [2.05, 4.69) is 27.8 Å². The Morgan fingerprint density at radius 3 is 2.62 bits per heavy atom. The van der Waals surface area contributed by atoms with Gasteiger partial charge in [0, 0.05) is 51.2 Å². The Hall–Kier alpha value is -0.980. The molecule has 0 radical (unpaired) electrons. The predicted octanol–water partition coefficient (Wildman–Crippen LogP) is 0.695. The molecule has 1 aromatic rings. The first kappa shape index (κ1) is 14.9. The SMILES string of the molecule is Cc1cncc(CN2CCN([C@H]3CCS(=O)(=O)C3)CC2)c1. The molecule has 21 heavy (non-hydrogen) atoms. The second-order valence-corrected chi connectivity index (χ2v) is 8.47. The zero-order valence-corrected chi connectivity index (χ0v) is 13.3. The molecule has 2 aliphatic rings. The van der Waals surface area contributed by atoms with Crippen molar-refractivity contribution < 1.29 is 8.42 Å². The number of rotatable bonds is 3. The lowest BCUT2D eigenvalue weighted by atomic mass is 10.1. The molecule has 3 rings (SSSR count). The van der Waals surface area contributed by atoms with Crippen molar-refractivity contribution in [2.45, 2.75) is 25.9 Å². The van der Waals surface area contributed by atoms with Gasteiger partial charge in [-0.15, -0.1) is 0 Å². The molecule has 2 aliphatic heterocycles. The van der Waals surface area contributed by atoms with E-state index < -0.39 is 9.84 Å². The molecule has 0 spiro atoms. The summed E-state index contributed by atoms with van der Waals surface area (Å²) in [5.74, 6) is 0.724. The third-order valence-electron chi connectivity index (χ3n) is 4.47. The van der Waals surface area contributed by atoms with E-state index in [9.17, 15) is 8.42 Å².